The van der Waals surface area contributed by atoms with Crippen LogP contribution in [0.4, 0.5) is 0 Å². The minimum atomic E-state index is -0.0167. The molecule has 0 amide bonds. The molecule has 0 aromatic heterocycles. The summed E-state index contributed by atoms with van der Waals surface area (Å²) in [6.07, 6.45) is 12.1. The topological polar surface area (TPSA) is 0 Å². The lowest BCUT2D eigenvalue weighted by Gasteiger charge is -2.28. The van der Waals surface area contributed by atoms with Crippen molar-refractivity contribution in [2.45, 2.75) is 55.4 Å². The van der Waals surface area contributed by atoms with E-state index in [9.17, 15) is 0 Å². The average molecular weight is 262 g/mol. The summed E-state index contributed by atoms with van der Waals surface area (Å²) in [6.45, 7) is 24.1. The van der Waals surface area contributed by atoms with Gasteiger partial charge in [-0.2, -0.15) is 0 Å². The van der Waals surface area contributed by atoms with E-state index in [2.05, 4.69) is 39.2 Å². The molecule has 0 aliphatic rings. The third kappa shape index (κ3) is 8.42. The van der Waals surface area contributed by atoms with Crippen molar-refractivity contribution in [1.82, 2.24) is 0 Å². The van der Waals surface area contributed by atoms with Crippen LogP contribution in [0.2, 0.25) is 0 Å². The molecule has 0 heterocycles. The summed E-state index contributed by atoms with van der Waals surface area (Å²) in [7, 11) is 0. The molecule has 0 radical (unpaired) electrons. The van der Waals surface area contributed by atoms with E-state index in [-0.39, 0.29) is 5.41 Å². The quantitative estimate of drug-likeness (QED) is 0.473. The van der Waals surface area contributed by atoms with Crippen molar-refractivity contribution in [1.29, 1.82) is 0 Å². The maximum absolute atomic E-state index is 3.86. The van der Waals surface area contributed by atoms with E-state index in [0.717, 1.165) is 0 Å². The van der Waals surface area contributed by atoms with Crippen molar-refractivity contribution in [2.75, 3.05) is 0 Å². The molecule has 0 rings (SSSR count). The fourth-order valence-electron chi connectivity index (χ4n) is 1.68. The highest BCUT2D eigenvalue weighted by molar-refractivity contribution is 5.40. The van der Waals surface area contributed by atoms with Crippen molar-refractivity contribution in [3.63, 3.8) is 0 Å². The molecule has 0 aromatic carbocycles. The zero-order chi connectivity index (χ0) is 15.9. The van der Waals surface area contributed by atoms with E-state index in [1.807, 2.05) is 65.8 Å². The van der Waals surface area contributed by atoms with Crippen molar-refractivity contribution in [2.24, 2.45) is 5.41 Å². The summed E-state index contributed by atoms with van der Waals surface area (Å²) in [5, 5.41) is 0. The molecule has 0 N–H and O–H groups in total. The minimum Gasteiger partial charge on any atom is -0.0991 e. The van der Waals surface area contributed by atoms with Crippen LogP contribution < -0.4 is 0 Å². The molecule has 0 unspecified atom stereocenters. The Morgan fingerprint density at radius 2 is 1.37 bits per heavy atom. The Kier molecular flexibility index (Phi) is 17.7. The predicted molar refractivity (Wildman–Crippen MR) is 93.5 cm³/mol. The maximum atomic E-state index is 3.86. The summed E-state index contributed by atoms with van der Waals surface area (Å²) >= 11 is 0. The molecule has 0 spiro atoms. The molecule has 0 aliphatic carbocycles. The molecule has 0 heteroatoms. The highest BCUT2D eigenvalue weighted by Crippen LogP contribution is 2.36. The van der Waals surface area contributed by atoms with Gasteiger partial charge in [0.25, 0.3) is 0 Å². The average Bonchev–Trinajstić information content (AvgIpc) is 2.44. The Bertz CT molecular complexity index is 309. The lowest BCUT2D eigenvalue weighted by Crippen LogP contribution is -2.15. The van der Waals surface area contributed by atoms with Crippen LogP contribution >= 0.6 is 0 Å². The molecular formula is C19H34. The first-order valence-electron chi connectivity index (χ1n) is 7.29. The van der Waals surface area contributed by atoms with Crippen molar-refractivity contribution in [3.05, 3.63) is 60.8 Å². The van der Waals surface area contributed by atoms with Crippen LogP contribution in [-0.2, 0) is 0 Å². The monoisotopic (exact) mass is 262 g/mol. The second kappa shape index (κ2) is 14.8. The van der Waals surface area contributed by atoms with Crippen molar-refractivity contribution in [3.8, 4) is 0 Å². The molecular weight excluding hydrogens is 228 g/mol. The van der Waals surface area contributed by atoms with Gasteiger partial charge in [0.2, 0.25) is 0 Å². The summed E-state index contributed by atoms with van der Waals surface area (Å²) in [5.74, 6) is 0. The first-order chi connectivity index (χ1) is 9.04. The van der Waals surface area contributed by atoms with Gasteiger partial charge in [-0.1, -0.05) is 91.2 Å². The number of hydrogen-bond acceptors (Lipinski definition) is 0. The molecule has 0 bridgehead atoms. The zero-order valence-corrected chi connectivity index (χ0v) is 14.4. The van der Waals surface area contributed by atoms with Gasteiger partial charge >= 0.3 is 0 Å². The van der Waals surface area contributed by atoms with Crippen molar-refractivity contribution < 1.29 is 0 Å². The highest BCUT2D eigenvalue weighted by Gasteiger charge is 2.23. The second-order valence-electron chi connectivity index (χ2n) is 3.93. The SMILES string of the molecule is C=C/C=C(\C=C/C)C(C)(C)/C(C=C)=C/C.CC.CC. The Morgan fingerprint density at radius 3 is 1.63 bits per heavy atom. The molecule has 19 heavy (non-hydrogen) atoms. The van der Waals surface area contributed by atoms with Gasteiger partial charge in [0.05, 0.1) is 0 Å². The van der Waals surface area contributed by atoms with E-state index in [1.54, 1.807) is 0 Å². The summed E-state index contributed by atoms with van der Waals surface area (Å²) in [4.78, 5) is 0. The smallest absolute Gasteiger partial charge is 0.0142 e. The fourth-order valence-corrected chi connectivity index (χ4v) is 1.68. The summed E-state index contributed by atoms with van der Waals surface area (Å²) in [5.41, 5.74) is 2.46. The highest BCUT2D eigenvalue weighted by atomic mass is 14.3. The van der Waals surface area contributed by atoms with Crippen LogP contribution in [0.25, 0.3) is 0 Å². The van der Waals surface area contributed by atoms with Gasteiger partial charge in [0.15, 0.2) is 0 Å². The molecule has 0 saturated carbocycles. The zero-order valence-electron chi connectivity index (χ0n) is 14.4. The Hall–Kier alpha value is -1.30. The van der Waals surface area contributed by atoms with Gasteiger partial charge in [-0.05, 0) is 25.0 Å². The first-order valence-corrected chi connectivity index (χ1v) is 7.29. The number of allylic oxidation sites excluding steroid dienone is 8. The third-order valence-corrected chi connectivity index (χ3v) is 2.62. The largest absolute Gasteiger partial charge is 0.0991 e. The van der Waals surface area contributed by atoms with Crippen molar-refractivity contribution >= 4 is 0 Å². The van der Waals surface area contributed by atoms with E-state index in [1.165, 1.54) is 11.1 Å². The molecule has 0 aromatic rings. The third-order valence-electron chi connectivity index (χ3n) is 2.62. The molecule has 0 aliphatic heterocycles. The van der Waals surface area contributed by atoms with Crippen LogP contribution in [0.15, 0.2) is 60.8 Å². The van der Waals surface area contributed by atoms with Gasteiger partial charge in [-0.25, -0.2) is 0 Å². The van der Waals surface area contributed by atoms with Crippen LogP contribution in [0.3, 0.4) is 0 Å². The number of hydrogen-bond donors (Lipinski definition) is 0. The molecule has 110 valence electrons. The molecule has 0 atom stereocenters. The van der Waals surface area contributed by atoms with Crippen LogP contribution in [0, 0.1) is 5.41 Å². The van der Waals surface area contributed by atoms with E-state index in [0.29, 0.717) is 0 Å². The summed E-state index contributed by atoms with van der Waals surface area (Å²) in [6, 6.07) is 0. The van der Waals surface area contributed by atoms with Gasteiger partial charge in [-0.15, -0.1) is 0 Å². The Balaban J connectivity index is -0.000000579. The van der Waals surface area contributed by atoms with Crippen LogP contribution in [-0.4, -0.2) is 0 Å². The fraction of sp³-hybridized carbons (Fsp3) is 0.474. The lowest BCUT2D eigenvalue weighted by atomic mass is 9.76. The summed E-state index contributed by atoms with van der Waals surface area (Å²) < 4.78 is 0. The molecule has 0 nitrogen and oxygen atoms in total. The number of rotatable bonds is 5. The van der Waals surface area contributed by atoms with Gasteiger partial charge in [0.1, 0.15) is 0 Å². The molecule has 0 fully saturated rings. The first kappa shape index (κ1) is 22.8. The van der Waals surface area contributed by atoms with E-state index < -0.39 is 0 Å². The second-order valence-corrected chi connectivity index (χ2v) is 3.93. The standard InChI is InChI=1S/C15H22.2C2H6/c1-7-11-14(12-8-2)15(5,6)13(9-3)10-4;2*1-2/h7-12H,1,3H2,2,4-6H3;2*1-2H3/b12-8-,13-10+,14-11+;;. The maximum Gasteiger partial charge on any atom is 0.0142 e. The van der Waals surface area contributed by atoms with Gasteiger partial charge in [0, 0.05) is 5.41 Å². The van der Waals surface area contributed by atoms with Gasteiger partial charge in [-0.3, -0.25) is 0 Å². The normalized spacial score (nSPS) is 12.0. The van der Waals surface area contributed by atoms with E-state index in [4.69, 9.17) is 0 Å². The lowest BCUT2D eigenvalue weighted by molar-refractivity contribution is 0.565. The predicted octanol–water partition coefficient (Wildman–Crippen LogP) is 6.89. The van der Waals surface area contributed by atoms with Crippen LogP contribution in [0.5, 0.6) is 0 Å². The minimum absolute atomic E-state index is 0.0167. The van der Waals surface area contributed by atoms with Crippen LogP contribution in [0.1, 0.15) is 55.4 Å². The van der Waals surface area contributed by atoms with Gasteiger partial charge < -0.3 is 0 Å². The Labute approximate surface area is 122 Å². The molecule has 0 saturated heterocycles. The van der Waals surface area contributed by atoms with E-state index >= 15 is 0 Å². The Morgan fingerprint density at radius 1 is 0.895 bits per heavy atom.